The van der Waals surface area contributed by atoms with Crippen molar-refractivity contribution in [3.63, 3.8) is 0 Å². The average Bonchev–Trinajstić information content (AvgIpc) is 3.08. The van der Waals surface area contributed by atoms with Crippen molar-refractivity contribution < 1.29 is 45.0 Å². The maximum Gasteiger partial charge on any atom is 0.303 e. The molecule has 0 aliphatic heterocycles. The van der Waals surface area contributed by atoms with Crippen molar-refractivity contribution in [1.82, 2.24) is 0 Å². The fourth-order valence-electron chi connectivity index (χ4n) is 4.75. The summed E-state index contributed by atoms with van der Waals surface area (Å²) in [6.07, 6.45) is 41.5. The van der Waals surface area contributed by atoms with Crippen molar-refractivity contribution in [3.8, 4) is 0 Å². The molecule has 0 aromatic heterocycles. The number of carboxylic acid groups (broad SMARTS) is 3. The molecule has 0 aromatic carbocycles. The second-order valence-electron chi connectivity index (χ2n) is 13.0. The lowest BCUT2D eigenvalue weighted by Crippen LogP contribution is -2.15. The number of aliphatic carboxylic acids is 3. The van der Waals surface area contributed by atoms with E-state index < -0.39 is 24.0 Å². The standard InChI is InChI=1S/2C18H34O2.C3H8O3.C2H4O2/c2*1-2-3-4-5-6-7-8-9-10-11-12-13-14-15-16-17-18(19)20;4-1-3(6)2-5;1-2(3)4/h2*9-10H,2-8,11-17H2,1H3,(H,19,20);3-6H,1-2H2;1H3,(H,3,4). The van der Waals surface area contributed by atoms with E-state index in [1.54, 1.807) is 0 Å². The minimum absolute atomic E-state index is 0.332. The molecule has 0 radical (unpaired) electrons. The van der Waals surface area contributed by atoms with Crippen LogP contribution in [0, 0.1) is 0 Å². The lowest BCUT2D eigenvalue weighted by Gasteiger charge is -1.99. The van der Waals surface area contributed by atoms with Gasteiger partial charge >= 0.3 is 11.9 Å². The molecular formula is C41H80O9. The van der Waals surface area contributed by atoms with Crippen LogP contribution < -0.4 is 0 Å². The summed E-state index contributed by atoms with van der Waals surface area (Å²) >= 11 is 0. The summed E-state index contributed by atoms with van der Waals surface area (Å²) in [7, 11) is 0. The minimum atomic E-state index is -0.954. The molecule has 0 aliphatic carbocycles. The molecule has 0 saturated carbocycles. The summed E-state index contributed by atoms with van der Waals surface area (Å²) < 4.78 is 0. The maximum absolute atomic E-state index is 10.3. The number of aliphatic hydroxyl groups excluding tert-OH is 3. The van der Waals surface area contributed by atoms with E-state index in [1.807, 2.05) is 0 Å². The van der Waals surface area contributed by atoms with Gasteiger partial charge in [-0.05, 0) is 64.2 Å². The molecule has 6 N–H and O–H groups in total. The number of hydrogen-bond acceptors (Lipinski definition) is 6. The number of aliphatic hydroxyl groups is 3. The highest BCUT2D eigenvalue weighted by atomic mass is 16.4. The van der Waals surface area contributed by atoms with E-state index >= 15 is 0 Å². The molecule has 298 valence electrons. The minimum Gasteiger partial charge on any atom is -0.481 e. The number of allylic oxidation sites excluding steroid dienone is 4. The summed E-state index contributed by atoms with van der Waals surface area (Å²) in [5.74, 6) is -2.16. The molecule has 0 saturated heterocycles. The van der Waals surface area contributed by atoms with Crippen LogP contribution in [0.25, 0.3) is 0 Å². The number of hydrogen-bond donors (Lipinski definition) is 6. The van der Waals surface area contributed by atoms with Crippen molar-refractivity contribution in [3.05, 3.63) is 24.3 Å². The Kier molecular flexibility index (Phi) is 55.8. The van der Waals surface area contributed by atoms with Crippen molar-refractivity contribution >= 4 is 17.9 Å². The molecule has 0 heterocycles. The zero-order valence-corrected chi connectivity index (χ0v) is 32.5. The zero-order chi connectivity index (χ0) is 38.4. The molecule has 0 aliphatic rings. The Labute approximate surface area is 306 Å². The zero-order valence-electron chi connectivity index (χ0n) is 32.5. The molecule has 0 rings (SSSR count). The van der Waals surface area contributed by atoms with E-state index in [1.165, 1.54) is 141 Å². The Morgan fingerprint density at radius 1 is 0.440 bits per heavy atom. The van der Waals surface area contributed by atoms with Crippen LogP contribution in [0.1, 0.15) is 201 Å². The molecule has 9 nitrogen and oxygen atoms in total. The van der Waals surface area contributed by atoms with Crippen LogP contribution >= 0.6 is 0 Å². The number of rotatable bonds is 32. The van der Waals surface area contributed by atoms with E-state index in [0.717, 1.165) is 32.6 Å². The smallest absolute Gasteiger partial charge is 0.303 e. The van der Waals surface area contributed by atoms with Crippen molar-refractivity contribution in [2.24, 2.45) is 0 Å². The Bertz CT molecular complexity index is 680. The Morgan fingerprint density at radius 2 is 0.660 bits per heavy atom. The van der Waals surface area contributed by atoms with Gasteiger partial charge in [-0.2, -0.15) is 0 Å². The van der Waals surface area contributed by atoms with Crippen LogP contribution in [0.3, 0.4) is 0 Å². The average molecular weight is 717 g/mol. The van der Waals surface area contributed by atoms with Gasteiger partial charge in [0.2, 0.25) is 0 Å². The van der Waals surface area contributed by atoms with Crippen LogP contribution in [0.15, 0.2) is 24.3 Å². The Hall–Kier alpha value is -2.23. The molecule has 0 fully saturated rings. The second-order valence-corrected chi connectivity index (χ2v) is 13.0. The quantitative estimate of drug-likeness (QED) is 0.0292. The first-order valence-corrected chi connectivity index (χ1v) is 19.9. The Balaban J connectivity index is -0.000000332. The highest BCUT2D eigenvalue weighted by molar-refractivity contribution is 5.66. The Morgan fingerprint density at radius 3 is 0.860 bits per heavy atom. The van der Waals surface area contributed by atoms with Crippen LogP contribution in [0.2, 0.25) is 0 Å². The number of unbranched alkanes of at least 4 members (excludes halogenated alkanes) is 22. The third-order valence-corrected chi connectivity index (χ3v) is 7.73. The first-order valence-electron chi connectivity index (χ1n) is 19.9. The molecule has 0 atom stereocenters. The van der Waals surface area contributed by atoms with E-state index in [4.69, 9.17) is 35.4 Å². The van der Waals surface area contributed by atoms with Gasteiger partial charge in [-0.1, -0.05) is 141 Å². The lowest BCUT2D eigenvalue weighted by molar-refractivity contribution is -0.138. The van der Waals surface area contributed by atoms with Crippen LogP contribution in [-0.2, 0) is 14.4 Å². The van der Waals surface area contributed by atoms with E-state index in [-0.39, 0.29) is 13.2 Å². The van der Waals surface area contributed by atoms with Gasteiger partial charge in [0.15, 0.2) is 0 Å². The van der Waals surface area contributed by atoms with E-state index in [0.29, 0.717) is 12.8 Å². The van der Waals surface area contributed by atoms with Gasteiger partial charge in [0.05, 0.1) is 13.2 Å². The lowest BCUT2D eigenvalue weighted by atomic mass is 10.1. The first-order chi connectivity index (χ1) is 24.1. The predicted octanol–water partition coefficient (Wildman–Crippen LogP) is 10.6. The third kappa shape index (κ3) is 71.7. The fourth-order valence-corrected chi connectivity index (χ4v) is 4.75. The van der Waals surface area contributed by atoms with E-state index in [9.17, 15) is 9.59 Å². The van der Waals surface area contributed by atoms with Gasteiger partial charge < -0.3 is 30.6 Å². The molecule has 50 heavy (non-hydrogen) atoms. The monoisotopic (exact) mass is 717 g/mol. The molecule has 0 amide bonds. The molecule has 0 aromatic rings. The summed E-state index contributed by atoms with van der Waals surface area (Å²) in [6, 6.07) is 0. The normalized spacial score (nSPS) is 10.7. The molecule has 9 heteroatoms. The second kappa shape index (κ2) is 51.1. The van der Waals surface area contributed by atoms with E-state index in [2.05, 4.69) is 38.2 Å². The van der Waals surface area contributed by atoms with Crippen molar-refractivity contribution in [2.45, 2.75) is 207 Å². The van der Waals surface area contributed by atoms with Gasteiger partial charge in [0, 0.05) is 19.8 Å². The SMILES string of the molecule is CC(=O)O.CCCCCCCCC=CCCCCCCCC(=O)O.CCCCCCCCC=CCCCCCCCC(=O)O.OCC(O)CO. The van der Waals surface area contributed by atoms with Crippen LogP contribution in [-0.4, -0.2) is 67.9 Å². The summed E-state index contributed by atoms with van der Waals surface area (Å²) in [5, 5.41) is 48.4. The van der Waals surface area contributed by atoms with Crippen molar-refractivity contribution in [2.75, 3.05) is 13.2 Å². The molecule has 0 spiro atoms. The van der Waals surface area contributed by atoms with Gasteiger partial charge in [-0.25, -0.2) is 0 Å². The maximum atomic E-state index is 10.3. The first kappa shape index (κ1) is 54.5. The molecule has 0 unspecified atom stereocenters. The van der Waals surface area contributed by atoms with Gasteiger partial charge in [0.25, 0.3) is 5.97 Å². The summed E-state index contributed by atoms with van der Waals surface area (Å²) in [6.45, 7) is 4.87. The fraction of sp³-hybridized carbons (Fsp3) is 0.829. The van der Waals surface area contributed by atoms with Crippen LogP contribution in [0.4, 0.5) is 0 Å². The largest absolute Gasteiger partial charge is 0.481 e. The van der Waals surface area contributed by atoms with Crippen LogP contribution in [0.5, 0.6) is 0 Å². The summed E-state index contributed by atoms with van der Waals surface area (Å²) in [5.41, 5.74) is 0. The third-order valence-electron chi connectivity index (χ3n) is 7.73. The molecule has 0 bridgehead atoms. The topological polar surface area (TPSA) is 173 Å². The molecular weight excluding hydrogens is 636 g/mol. The van der Waals surface area contributed by atoms with Crippen molar-refractivity contribution in [1.29, 1.82) is 0 Å². The number of carboxylic acids is 3. The summed E-state index contributed by atoms with van der Waals surface area (Å²) in [4.78, 5) is 29.6. The van der Waals surface area contributed by atoms with Gasteiger partial charge in [-0.15, -0.1) is 0 Å². The van der Waals surface area contributed by atoms with Gasteiger partial charge in [0.1, 0.15) is 6.10 Å². The highest BCUT2D eigenvalue weighted by Crippen LogP contribution is 2.11. The highest BCUT2D eigenvalue weighted by Gasteiger charge is 1.97. The van der Waals surface area contributed by atoms with Gasteiger partial charge in [-0.3, -0.25) is 14.4 Å². The predicted molar refractivity (Wildman–Crippen MR) is 208 cm³/mol. The number of carbonyl (C=O) groups is 3.